The normalized spacial score (nSPS) is 11.2. The lowest BCUT2D eigenvalue weighted by molar-refractivity contribution is -0.870. The van der Waals surface area contributed by atoms with Gasteiger partial charge in [-0.25, -0.2) is 0 Å². The molecule has 0 aromatic rings. The van der Waals surface area contributed by atoms with E-state index < -0.39 is 5.97 Å². The van der Waals surface area contributed by atoms with Gasteiger partial charge in [-0.05, 0) is 25.7 Å². The first kappa shape index (κ1) is 31.6. The molecule has 3 nitrogen and oxygen atoms in total. The summed E-state index contributed by atoms with van der Waals surface area (Å²) in [6.07, 6.45) is 25.7. The molecule has 0 aliphatic heterocycles. The van der Waals surface area contributed by atoms with Crippen molar-refractivity contribution < 1.29 is 14.4 Å². The third kappa shape index (κ3) is 34.9. The van der Waals surface area contributed by atoms with E-state index in [9.17, 15) is 9.90 Å². The Bertz CT molecular complexity index is 336. The van der Waals surface area contributed by atoms with E-state index in [4.69, 9.17) is 0 Å². The van der Waals surface area contributed by atoms with E-state index in [1.807, 2.05) is 0 Å². The van der Waals surface area contributed by atoms with Gasteiger partial charge in [0.2, 0.25) is 0 Å². The Balaban J connectivity index is 0. The lowest BCUT2D eigenvalue weighted by atomic mass is 10.1. The third-order valence-corrected chi connectivity index (χ3v) is 5.67. The van der Waals surface area contributed by atoms with Crippen molar-refractivity contribution in [2.24, 2.45) is 0 Å². The standard InChI is InChI=1S/C17H38N.C10H20O2/c1-5-6-7-8-9-10-11-12-13-14-15-16-17-18(2,3)4;1-2-3-4-5-6-7-8-9-10(11)12/h5-17H2,1-4H3;2-9H2,1H3,(H,11,12)/q+1;/p-1. The van der Waals surface area contributed by atoms with Gasteiger partial charge in [0.25, 0.3) is 0 Å². The number of carboxylic acids is 1. The summed E-state index contributed by atoms with van der Waals surface area (Å²) in [5.41, 5.74) is 0. The number of hydrogen-bond donors (Lipinski definition) is 0. The first-order valence-electron chi connectivity index (χ1n) is 13.3. The van der Waals surface area contributed by atoms with Gasteiger partial charge in [-0.3, -0.25) is 0 Å². The summed E-state index contributed by atoms with van der Waals surface area (Å²) in [6, 6.07) is 0. The van der Waals surface area contributed by atoms with Gasteiger partial charge in [0.15, 0.2) is 0 Å². The maximum Gasteiger partial charge on any atom is 0.0780 e. The monoisotopic (exact) mass is 427 g/mol. The number of quaternary nitrogens is 1. The smallest absolute Gasteiger partial charge is 0.0780 e. The Morgan fingerprint density at radius 3 is 1.13 bits per heavy atom. The average Bonchev–Trinajstić information content (AvgIpc) is 2.67. The second-order valence-electron chi connectivity index (χ2n) is 10.1. The van der Waals surface area contributed by atoms with Crippen LogP contribution >= 0.6 is 0 Å². The number of carbonyl (C=O) groups excluding carboxylic acids is 1. The van der Waals surface area contributed by atoms with Crippen molar-refractivity contribution in [1.82, 2.24) is 0 Å². The van der Waals surface area contributed by atoms with E-state index in [1.165, 1.54) is 116 Å². The fourth-order valence-corrected chi connectivity index (χ4v) is 3.65. The summed E-state index contributed by atoms with van der Waals surface area (Å²) in [5, 5.41) is 10.0. The van der Waals surface area contributed by atoms with Crippen LogP contribution in [0.4, 0.5) is 0 Å². The lowest BCUT2D eigenvalue weighted by Crippen LogP contribution is -2.35. The van der Waals surface area contributed by atoms with E-state index in [0.29, 0.717) is 0 Å². The van der Waals surface area contributed by atoms with Crippen molar-refractivity contribution in [1.29, 1.82) is 0 Å². The molecule has 0 spiro atoms. The van der Waals surface area contributed by atoms with Gasteiger partial charge in [-0.1, -0.05) is 117 Å². The Hall–Kier alpha value is -0.570. The van der Waals surface area contributed by atoms with Crippen LogP contribution in [0.25, 0.3) is 0 Å². The molecule has 0 aromatic carbocycles. The second-order valence-corrected chi connectivity index (χ2v) is 10.1. The molecular formula is C27H57NO2. The van der Waals surface area contributed by atoms with Crippen LogP contribution in [0.5, 0.6) is 0 Å². The van der Waals surface area contributed by atoms with Crippen molar-refractivity contribution in [3.8, 4) is 0 Å². The minimum Gasteiger partial charge on any atom is -0.550 e. The van der Waals surface area contributed by atoms with Crippen molar-refractivity contribution in [3.63, 3.8) is 0 Å². The number of unbranched alkanes of at least 4 members (excludes halogenated alkanes) is 17. The molecule has 0 atom stereocenters. The van der Waals surface area contributed by atoms with Crippen LogP contribution in [0.15, 0.2) is 0 Å². The molecule has 30 heavy (non-hydrogen) atoms. The molecule has 0 heterocycles. The first-order chi connectivity index (χ1) is 14.3. The Morgan fingerprint density at radius 2 is 0.833 bits per heavy atom. The molecule has 0 N–H and O–H groups in total. The highest BCUT2D eigenvalue weighted by molar-refractivity contribution is 5.63. The highest BCUT2D eigenvalue weighted by Gasteiger charge is 2.04. The van der Waals surface area contributed by atoms with Crippen LogP contribution in [0.2, 0.25) is 0 Å². The lowest BCUT2D eigenvalue weighted by Gasteiger charge is -2.23. The zero-order valence-corrected chi connectivity index (χ0v) is 21.6. The minimum absolute atomic E-state index is 0.230. The van der Waals surface area contributed by atoms with Crippen molar-refractivity contribution in [2.75, 3.05) is 27.7 Å². The maximum atomic E-state index is 10.0. The quantitative estimate of drug-likeness (QED) is 0.143. The Morgan fingerprint density at radius 1 is 0.533 bits per heavy atom. The van der Waals surface area contributed by atoms with Gasteiger partial charge >= 0.3 is 0 Å². The van der Waals surface area contributed by atoms with Gasteiger partial charge < -0.3 is 14.4 Å². The minimum atomic E-state index is -0.913. The molecule has 0 saturated carbocycles. The highest BCUT2D eigenvalue weighted by atomic mass is 16.4. The topological polar surface area (TPSA) is 40.1 Å². The van der Waals surface area contributed by atoms with Crippen molar-refractivity contribution in [2.45, 2.75) is 142 Å². The third-order valence-electron chi connectivity index (χ3n) is 5.67. The molecule has 0 aromatic heterocycles. The van der Waals surface area contributed by atoms with Crippen LogP contribution in [-0.2, 0) is 4.79 Å². The fourth-order valence-electron chi connectivity index (χ4n) is 3.65. The molecule has 0 bridgehead atoms. The number of nitrogens with zero attached hydrogens (tertiary/aromatic N) is 1. The molecule has 182 valence electrons. The van der Waals surface area contributed by atoms with Crippen LogP contribution in [0.1, 0.15) is 142 Å². The average molecular weight is 428 g/mol. The predicted molar refractivity (Wildman–Crippen MR) is 132 cm³/mol. The van der Waals surface area contributed by atoms with E-state index in [1.54, 1.807) is 0 Å². The SMILES string of the molecule is CCCCCCCCCC(=O)[O-].CCCCCCCCCCCCCC[N+](C)(C)C. The highest BCUT2D eigenvalue weighted by Crippen LogP contribution is 2.12. The van der Waals surface area contributed by atoms with E-state index in [-0.39, 0.29) is 6.42 Å². The number of carbonyl (C=O) groups is 1. The largest absolute Gasteiger partial charge is 0.550 e. The Kier molecular flexibility index (Phi) is 26.0. The molecule has 0 fully saturated rings. The summed E-state index contributed by atoms with van der Waals surface area (Å²) in [6.45, 7) is 5.81. The molecule has 0 radical (unpaired) electrons. The van der Waals surface area contributed by atoms with Crippen molar-refractivity contribution >= 4 is 5.97 Å². The summed E-state index contributed by atoms with van der Waals surface area (Å²) >= 11 is 0. The molecule has 0 aliphatic carbocycles. The fraction of sp³-hybridized carbons (Fsp3) is 0.963. The number of rotatable bonds is 21. The van der Waals surface area contributed by atoms with Crippen molar-refractivity contribution in [3.05, 3.63) is 0 Å². The summed E-state index contributed by atoms with van der Waals surface area (Å²) in [4.78, 5) is 10.0. The van der Waals surface area contributed by atoms with E-state index in [2.05, 4.69) is 35.0 Å². The molecule has 0 amide bonds. The van der Waals surface area contributed by atoms with Gasteiger partial charge in [-0.15, -0.1) is 0 Å². The number of carboxylic acid groups (broad SMARTS) is 1. The number of hydrogen-bond acceptors (Lipinski definition) is 2. The van der Waals surface area contributed by atoms with Gasteiger partial charge in [0.05, 0.1) is 27.7 Å². The number of aliphatic carboxylic acids is 1. The molecule has 0 saturated heterocycles. The Labute approximate surface area is 190 Å². The summed E-state index contributed by atoms with van der Waals surface area (Å²) in [5.74, 6) is -0.913. The molecule has 0 unspecified atom stereocenters. The van der Waals surface area contributed by atoms with Crippen LogP contribution in [0, 0.1) is 0 Å². The van der Waals surface area contributed by atoms with E-state index in [0.717, 1.165) is 17.3 Å². The van der Waals surface area contributed by atoms with Crippen LogP contribution in [-0.4, -0.2) is 38.1 Å². The summed E-state index contributed by atoms with van der Waals surface area (Å²) in [7, 11) is 6.87. The zero-order chi connectivity index (χ0) is 22.9. The molecule has 3 heteroatoms. The van der Waals surface area contributed by atoms with Crippen LogP contribution in [0.3, 0.4) is 0 Å². The van der Waals surface area contributed by atoms with Gasteiger partial charge in [0, 0.05) is 5.97 Å². The van der Waals surface area contributed by atoms with Gasteiger partial charge in [-0.2, -0.15) is 0 Å². The summed E-state index contributed by atoms with van der Waals surface area (Å²) < 4.78 is 1.12. The maximum absolute atomic E-state index is 10.0. The van der Waals surface area contributed by atoms with Gasteiger partial charge in [0.1, 0.15) is 0 Å². The van der Waals surface area contributed by atoms with Crippen LogP contribution < -0.4 is 5.11 Å². The van der Waals surface area contributed by atoms with E-state index >= 15 is 0 Å². The first-order valence-corrected chi connectivity index (χ1v) is 13.3. The molecular weight excluding hydrogens is 370 g/mol. The zero-order valence-electron chi connectivity index (χ0n) is 21.6. The molecule has 0 rings (SSSR count). The second kappa shape index (κ2) is 24.7. The predicted octanol–water partition coefficient (Wildman–Crippen LogP) is 7.27. The molecule has 0 aliphatic rings.